The highest BCUT2D eigenvalue weighted by Gasteiger charge is 2.24. The third-order valence-electron chi connectivity index (χ3n) is 6.93. The highest BCUT2D eigenvalue weighted by atomic mass is 16.6. The Bertz CT molecular complexity index is 340. The van der Waals surface area contributed by atoms with E-state index in [9.17, 15) is 0 Å². The number of ether oxygens (including phenoxy) is 2. The Hall–Kier alpha value is -0.0800. The predicted octanol–water partition coefficient (Wildman–Crippen LogP) is 9.78. The van der Waals surface area contributed by atoms with Crippen LogP contribution < -0.4 is 0 Å². The minimum absolute atomic E-state index is 0.410. The third-order valence-corrected chi connectivity index (χ3v) is 6.93. The standard InChI is InChI=1S/C29H58O2/c1-3-5-7-9-11-13-15-17-19-21-23-25-28(30-26-29-27-31-29)24-22-20-18-16-14-12-10-8-6-4-2/h28-29H,3-27H2,1-2H3. The maximum atomic E-state index is 6.22. The molecule has 0 aromatic rings. The van der Waals surface area contributed by atoms with Crippen molar-refractivity contribution in [2.75, 3.05) is 13.2 Å². The minimum atomic E-state index is 0.410. The van der Waals surface area contributed by atoms with Crippen LogP contribution in [0.4, 0.5) is 0 Å². The maximum Gasteiger partial charge on any atom is 0.104 e. The third kappa shape index (κ3) is 21.5. The summed E-state index contributed by atoms with van der Waals surface area (Å²) < 4.78 is 11.6. The van der Waals surface area contributed by atoms with E-state index in [0.29, 0.717) is 12.2 Å². The normalized spacial score (nSPS) is 16.6. The van der Waals surface area contributed by atoms with E-state index in [1.807, 2.05) is 0 Å². The minimum Gasteiger partial charge on any atom is -0.375 e. The molecule has 2 unspecified atom stereocenters. The smallest absolute Gasteiger partial charge is 0.104 e. The Morgan fingerprint density at radius 1 is 0.548 bits per heavy atom. The van der Waals surface area contributed by atoms with Gasteiger partial charge in [0.2, 0.25) is 0 Å². The second-order valence-corrected chi connectivity index (χ2v) is 10.2. The molecule has 1 aliphatic rings. The summed E-state index contributed by atoms with van der Waals surface area (Å²) in [6.45, 7) is 6.35. The summed E-state index contributed by atoms with van der Waals surface area (Å²) in [5, 5.41) is 0. The van der Waals surface area contributed by atoms with Gasteiger partial charge in [-0.15, -0.1) is 0 Å². The largest absolute Gasteiger partial charge is 0.375 e. The molecular weight excluding hydrogens is 380 g/mol. The molecule has 0 spiro atoms. The zero-order chi connectivity index (χ0) is 22.2. The Labute approximate surface area is 196 Å². The van der Waals surface area contributed by atoms with Crippen molar-refractivity contribution in [3.8, 4) is 0 Å². The summed E-state index contributed by atoms with van der Waals surface area (Å²) in [5.41, 5.74) is 0. The molecule has 0 radical (unpaired) electrons. The molecule has 1 heterocycles. The van der Waals surface area contributed by atoms with Crippen LogP contribution in [0, 0.1) is 0 Å². The predicted molar refractivity (Wildman–Crippen MR) is 137 cm³/mol. The number of hydrogen-bond donors (Lipinski definition) is 0. The van der Waals surface area contributed by atoms with Gasteiger partial charge in [0.25, 0.3) is 0 Å². The average molecular weight is 439 g/mol. The van der Waals surface area contributed by atoms with E-state index in [1.54, 1.807) is 0 Å². The molecule has 31 heavy (non-hydrogen) atoms. The lowest BCUT2D eigenvalue weighted by Gasteiger charge is -2.17. The lowest BCUT2D eigenvalue weighted by Crippen LogP contribution is -2.16. The van der Waals surface area contributed by atoms with E-state index in [2.05, 4.69) is 13.8 Å². The Morgan fingerprint density at radius 2 is 0.871 bits per heavy atom. The van der Waals surface area contributed by atoms with Crippen molar-refractivity contribution in [3.63, 3.8) is 0 Å². The number of hydrogen-bond acceptors (Lipinski definition) is 2. The van der Waals surface area contributed by atoms with Gasteiger partial charge in [-0.2, -0.15) is 0 Å². The molecule has 0 saturated carbocycles. The van der Waals surface area contributed by atoms with Gasteiger partial charge in [-0.05, 0) is 12.8 Å². The SMILES string of the molecule is CCCCCCCCCCCCCC(CCCCCCCCCCCC)OCC1CO1. The lowest BCUT2D eigenvalue weighted by molar-refractivity contribution is 0.0288. The summed E-state index contributed by atoms with van der Waals surface area (Å²) in [4.78, 5) is 0. The van der Waals surface area contributed by atoms with Crippen LogP contribution in [0.5, 0.6) is 0 Å². The van der Waals surface area contributed by atoms with Gasteiger partial charge in [0.15, 0.2) is 0 Å². The average Bonchev–Trinajstić information content (AvgIpc) is 3.61. The molecule has 0 aromatic carbocycles. The molecule has 0 bridgehead atoms. The zero-order valence-electron chi connectivity index (χ0n) is 21.6. The molecule has 186 valence electrons. The van der Waals surface area contributed by atoms with E-state index < -0.39 is 0 Å². The van der Waals surface area contributed by atoms with Crippen LogP contribution in [0.2, 0.25) is 0 Å². The van der Waals surface area contributed by atoms with Gasteiger partial charge < -0.3 is 9.47 Å². The van der Waals surface area contributed by atoms with Gasteiger partial charge in [-0.3, -0.25) is 0 Å². The molecule has 1 rings (SSSR count). The van der Waals surface area contributed by atoms with Crippen LogP contribution in [-0.2, 0) is 9.47 Å². The van der Waals surface area contributed by atoms with Crippen LogP contribution in [0.15, 0.2) is 0 Å². The summed E-state index contributed by atoms with van der Waals surface area (Å²) in [7, 11) is 0. The van der Waals surface area contributed by atoms with E-state index in [0.717, 1.165) is 13.2 Å². The molecule has 0 amide bonds. The van der Waals surface area contributed by atoms with Crippen molar-refractivity contribution in [2.24, 2.45) is 0 Å². The summed E-state index contributed by atoms with van der Waals surface area (Å²) in [6.07, 6.45) is 33.3. The molecule has 2 heteroatoms. The first-order valence-corrected chi connectivity index (χ1v) is 14.6. The quantitative estimate of drug-likeness (QED) is 0.0989. The van der Waals surface area contributed by atoms with Gasteiger partial charge in [0, 0.05) is 0 Å². The molecular formula is C29H58O2. The molecule has 2 atom stereocenters. The topological polar surface area (TPSA) is 21.8 Å². The number of rotatable bonds is 26. The first-order valence-electron chi connectivity index (χ1n) is 14.6. The van der Waals surface area contributed by atoms with Gasteiger partial charge in [0.1, 0.15) is 6.10 Å². The fourth-order valence-electron chi connectivity index (χ4n) is 4.61. The van der Waals surface area contributed by atoms with E-state index in [1.165, 1.54) is 148 Å². The Kier molecular flexibility index (Phi) is 21.6. The summed E-state index contributed by atoms with van der Waals surface area (Å²) in [5.74, 6) is 0. The van der Waals surface area contributed by atoms with Crippen LogP contribution >= 0.6 is 0 Å². The van der Waals surface area contributed by atoms with Crippen molar-refractivity contribution in [2.45, 2.75) is 174 Å². The summed E-state index contributed by atoms with van der Waals surface area (Å²) in [6, 6.07) is 0. The molecule has 1 saturated heterocycles. The lowest BCUT2D eigenvalue weighted by atomic mass is 10.0. The van der Waals surface area contributed by atoms with Crippen molar-refractivity contribution in [1.82, 2.24) is 0 Å². The van der Waals surface area contributed by atoms with Crippen molar-refractivity contribution in [1.29, 1.82) is 0 Å². The molecule has 1 aliphatic heterocycles. The second kappa shape index (κ2) is 23.1. The van der Waals surface area contributed by atoms with Crippen molar-refractivity contribution >= 4 is 0 Å². The maximum absolute atomic E-state index is 6.22. The molecule has 2 nitrogen and oxygen atoms in total. The fraction of sp³-hybridized carbons (Fsp3) is 1.00. The number of epoxide rings is 1. The van der Waals surface area contributed by atoms with Crippen LogP contribution in [0.3, 0.4) is 0 Å². The van der Waals surface area contributed by atoms with E-state index in [-0.39, 0.29) is 0 Å². The Balaban J connectivity index is 1.93. The Morgan fingerprint density at radius 3 is 1.19 bits per heavy atom. The fourth-order valence-corrected chi connectivity index (χ4v) is 4.61. The van der Waals surface area contributed by atoms with Crippen molar-refractivity contribution < 1.29 is 9.47 Å². The molecule has 0 aromatic heterocycles. The highest BCUT2D eigenvalue weighted by Crippen LogP contribution is 2.19. The summed E-state index contributed by atoms with van der Waals surface area (Å²) >= 11 is 0. The van der Waals surface area contributed by atoms with Crippen molar-refractivity contribution in [3.05, 3.63) is 0 Å². The van der Waals surface area contributed by atoms with Gasteiger partial charge >= 0.3 is 0 Å². The molecule has 0 N–H and O–H groups in total. The van der Waals surface area contributed by atoms with Gasteiger partial charge in [0.05, 0.1) is 19.3 Å². The molecule has 1 fully saturated rings. The monoisotopic (exact) mass is 438 g/mol. The van der Waals surface area contributed by atoms with Crippen LogP contribution in [0.1, 0.15) is 162 Å². The first kappa shape index (κ1) is 29.0. The van der Waals surface area contributed by atoms with E-state index in [4.69, 9.17) is 9.47 Å². The number of unbranched alkanes of at least 4 members (excludes halogenated alkanes) is 19. The second-order valence-electron chi connectivity index (χ2n) is 10.2. The van der Waals surface area contributed by atoms with Crippen LogP contribution in [0.25, 0.3) is 0 Å². The zero-order valence-corrected chi connectivity index (χ0v) is 21.6. The van der Waals surface area contributed by atoms with Gasteiger partial charge in [-0.25, -0.2) is 0 Å². The van der Waals surface area contributed by atoms with E-state index >= 15 is 0 Å². The first-order chi connectivity index (χ1) is 15.4. The molecule has 0 aliphatic carbocycles. The highest BCUT2D eigenvalue weighted by molar-refractivity contribution is 4.69. The van der Waals surface area contributed by atoms with Crippen LogP contribution in [-0.4, -0.2) is 25.4 Å². The van der Waals surface area contributed by atoms with Gasteiger partial charge in [-0.1, -0.05) is 149 Å².